The van der Waals surface area contributed by atoms with E-state index >= 15 is 0 Å². The molecule has 2 aliphatic rings. The maximum atomic E-state index is 11.2. The molecule has 5 nitrogen and oxygen atoms in total. The number of anilines is 2. The van der Waals surface area contributed by atoms with Gasteiger partial charge in [0.05, 0.1) is 4.92 Å². The molecule has 1 aliphatic heterocycles. The summed E-state index contributed by atoms with van der Waals surface area (Å²) >= 11 is 0. The van der Waals surface area contributed by atoms with Crippen molar-refractivity contribution >= 4 is 17.1 Å². The molecular weight excluding hydrogens is 314 g/mol. The molecule has 1 aliphatic carbocycles. The Labute approximate surface area is 148 Å². The van der Waals surface area contributed by atoms with Gasteiger partial charge in [-0.1, -0.05) is 38.1 Å². The predicted octanol–water partition coefficient (Wildman–Crippen LogP) is 4.76. The Hall–Kier alpha value is -2.56. The fraction of sp³-hybridized carbons (Fsp3) is 0.400. The van der Waals surface area contributed by atoms with Gasteiger partial charge >= 0.3 is 0 Å². The molecular formula is C20H25N3O2. The fourth-order valence-corrected chi connectivity index (χ4v) is 3.20. The van der Waals surface area contributed by atoms with Crippen LogP contribution in [0.3, 0.4) is 0 Å². The highest BCUT2D eigenvalue weighted by Gasteiger charge is 2.25. The number of fused-ring (bicyclic) bond motifs is 1. The van der Waals surface area contributed by atoms with E-state index in [0.29, 0.717) is 11.7 Å². The zero-order chi connectivity index (χ0) is 17.8. The maximum Gasteiger partial charge on any atom is 0.292 e. The van der Waals surface area contributed by atoms with Crippen LogP contribution >= 0.6 is 0 Å². The minimum absolute atomic E-state index is 0.169. The van der Waals surface area contributed by atoms with E-state index in [9.17, 15) is 10.1 Å². The normalized spacial score (nSPS) is 15.2. The molecule has 0 radical (unpaired) electrons. The summed E-state index contributed by atoms with van der Waals surface area (Å²) in [5.74, 6) is 0. The summed E-state index contributed by atoms with van der Waals surface area (Å²) in [7, 11) is 0. The van der Waals surface area contributed by atoms with Crippen molar-refractivity contribution in [3.05, 3.63) is 63.7 Å². The summed E-state index contributed by atoms with van der Waals surface area (Å²) in [4.78, 5) is 13.2. The first-order valence-corrected chi connectivity index (χ1v) is 9.07. The Balaban J connectivity index is 0.000000880. The molecule has 0 aromatic heterocycles. The molecule has 2 aromatic rings. The molecule has 1 saturated carbocycles. The fourth-order valence-electron chi connectivity index (χ4n) is 3.20. The van der Waals surface area contributed by atoms with Gasteiger partial charge in [-0.15, -0.1) is 0 Å². The largest absolute Gasteiger partial charge is 0.377 e. The number of para-hydroxylation sites is 1. The van der Waals surface area contributed by atoms with Gasteiger partial charge in [0.15, 0.2) is 0 Å². The van der Waals surface area contributed by atoms with Gasteiger partial charge in [-0.05, 0) is 42.5 Å². The van der Waals surface area contributed by atoms with Crippen molar-refractivity contribution < 1.29 is 4.92 Å². The molecule has 25 heavy (non-hydrogen) atoms. The first-order chi connectivity index (χ1) is 12.2. The molecule has 132 valence electrons. The van der Waals surface area contributed by atoms with Gasteiger partial charge in [0.25, 0.3) is 5.69 Å². The lowest BCUT2D eigenvalue weighted by Gasteiger charge is -2.20. The third-order valence-corrected chi connectivity index (χ3v) is 4.55. The number of nitro groups is 1. The van der Waals surface area contributed by atoms with Gasteiger partial charge < -0.3 is 10.2 Å². The number of rotatable bonds is 5. The Morgan fingerprint density at radius 2 is 1.96 bits per heavy atom. The zero-order valence-electron chi connectivity index (χ0n) is 14.9. The van der Waals surface area contributed by atoms with E-state index < -0.39 is 0 Å². The Kier molecular flexibility index (Phi) is 5.22. The number of hydrogen-bond acceptors (Lipinski definition) is 4. The first kappa shape index (κ1) is 17.3. The standard InChI is InChI=1S/C18H19N3O2.C2H6/c22-21(23)18-8-5-13(11-16(18)19-15-6-7-15)12-20-10-9-14-3-1-2-4-17(14)20;1-2/h1-5,8,11,15,19H,6-7,9-10,12H2;1-2H3. The monoisotopic (exact) mass is 339 g/mol. The van der Waals surface area contributed by atoms with Crippen LogP contribution in [0.15, 0.2) is 42.5 Å². The van der Waals surface area contributed by atoms with Crippen LogP contribution in [0.1, 0.15) is 37.8 Å². The molecule has 4 rings (SSSR count). The molecule has 5 heteroatoms. The van der Waals surface area contributed by atoms with Crippen LogP contribution in [0.5, 0.6) is 0 Å². The smallest absolute Gasteiger partial charge is 0.292 e. The van der Waals surface area contributed by atoms with E-state index in [-0.39, 0.29) is 10.6 Å². The molecule has 1 heterocycles. The van der Waals surface area contributed by atoms with Gasteiger partial charge in [-0.2, -0.15) is 0 Å². The van der Waals surface area contributed by atoms with Crippen molar-refractivity contribution in [1.29, 1.82) is 0 Å². The zero-order valence-corrected chi connectivity index (χ0v) is 14.9. The SMILES string of the molecule is CC.O=[N+]([O-])c1ccc(CN2CCc3ccccc32)cc1NC1CC1. The van der Waals surface area contributed by atoms with Crippen molar-refractivity contribution in [3.63, 3.8) is 0 Å². The number of nitrogens with zero attached hydrogens (tertiary/aromatic N) is 2. The second kappa shape index (κ2) is 7.55. The highest BCUT2D eigenvalue weighted by Crippen LogP contribution is 2.33. The third kappa shape index (κ3) is 3.92. The highest BCUT2D eigenvalue weighted by molar-refractivity contribution is 5.65. The predicted molar refractivity (Wildman–Crippen MR) is 102 cm³/mol. The van der Waals surface area contributed by atoms with E-state index in [2.05, 4.69) is 34.5 Å². The molecule has 0 saturated heterocycles. The molecule has 1 N–H and O–H groups in total. The summed E-state index contributed by atoms with van der Waals surface area (Å²) < 4.78 is 0. The Morgan fingerprint density at radius 3 is 2.68 bits per heavy atom. The molecule has 0 spiro atoms. The summed E-state index contributed by atoms with van der Waals surface area (Å²) in [6, 6.07) is 14.3. The van der Waals surface area contributed by atoms with E-state index in [0.717, 1.165) is 37.9 Å². The molecule has 0 unspecified atom stereocenters. The first-order valence-electron chi connectivity index (χ1n) is 9.07. The second-order valence-corrected chi connectivity index (χ2v) is 6.33. The van der Waals surface area contributed by atoms with Gasteiger partial charge in [0.2, 0.25) is 0 Å². The van der Waals surface area contributed by atoms with Crippen molar-refractivity contribution in [3.8, 4) is 0 Å². The minimum atomic E-state index is -0.306. The molecule has 2 aromatic carbocycles. The van der Waals surface area contributed by atoms with Gasteiger partial charge in [-0.3, -0.25) is 10.1 Å². The average molecular weight is 339 g/mol. The van der Waals surface area contributed by atoms with Crippen LogP contribution in [0.2, 0.25) is 0 Å². The lowest BCUT2D eigenvalue weighted by Crippen LogP contribution is -2.19. The van der Waals surface area contributed by atoms with E-state index in [4.69, 9.17) is 0 Å². The number of hydrogen-bond donors (Lipinski definition) is 1. The van der Waals surface area contributed by atoms with Crippen molar-refractivity contribution in [2.45, 2.75) is 45.7 Å². The van der Waals surface area contributed by atoms with Crippen LogP contribution in [0.25, 0.3) is 0 Å². The summed E-state index contributed by atoms with van der Waals surface area (Å²) in [5.41, 5.74) is 4.59. The highest BCUT2D eigenvalue weighted by atomic mass is 16.6. The van der Waals surface area contributed by atoms with E-state index in [1.165, 1.54) is 11.3 Å². The third-order valence-electron chi connectivity index (χ3n) is 4.55. The van der Waals surface area contributed by atoms with Crippen molar-refractivity contribution in [2.24, 2.45) is 0 Å². The molecule has 0 bridgehead atoms. The summed E-state index contributed by atoms with van der Waals surface area (Å²) in [6.07, 6.45) is 3.26. The Bertz CT molecular complexity index is 756. The Morgan fingerprint density at radius 1 is 1.20 bits per heavy atom. The van der Waals surface area contributed by atoms with Crippen molar-refractivity contribution in [2.75, 3.05) is 16.8 Å². The topological polar surface area (TPSA) is 58.4 Å². The number of benzene rings is 2. The lowest BCUT2D eigenvalue weighted by molar-refractivity contribution is -0.384. The summed E-state index contributed by atoms with van der Waals surface area (Å²) in [5, 5.41) is 14.5. The minimum Gasteiger partial charge on any atom is -0.377 e. The van der Waals surface area contributed by atoms with Gasteiger partial charge in [0, 0.05) is 30.9 Å². The van der Waals surface area contributed by atoms with Crippen LogP contribution in [-0.4, -0.2) is 17.5 Å². The van der Waals surface area contributed by atoms with Crippen LogP contribution < -0.4 is 10.2 Å². The molecule has 0 amide bonds. The van der Waals surface area contributed by atoms with Gasteiger partial charge in [0.1, 0.15) is 5.69 Å². The van der Waals surface area contributed by atoms with E-state index in [1.54, 1.807) is 6.07 Å². The average Bonchev–Trinajstić information content (AvgIpc) is 3.36. The maximum absolute atomic E-state index is 11.2. The quantitative estimate of drug-likeness (QED) is 0.630. The van der Waals surface area contributed by atoms with Gasteiger partial charge in [-0.25, -0.2) is 0 Å². The molecule has 0 atom stereocenters. The van der Waals surface area contributed by atoms with E-state index in [1.807, 2.05) is 26.0 Å². The van der Waals surface area contributed by atoms with Crippen LogP contribution in [0.4, 0.5) is 17.1 Å². The second-order valence-electron chi connectivity index (χ2n) is 6.33. The van der Waals surface area contributed by atoms with Crippen LogP contribution in [0, 0.1) is 10.1 Å². The van der Waals surface area contributed by atoms with Crippen molar-refractivity contribution in [1.82, 2.24) is 0 Å². The van der Waals surface area contributed by atoms with Crippen LogP contribution in [-0.2, 0) is 13.0 Å². The lowest BCUT2D eigenvalue weighted by atomic mass is 10.1. The molecule has 1 fully saturated rings. The number of nitrogens with one attached hydrogen (secondary N) is 1. The number of nitro benzene ring substituents is 1. The summed E-state index contributed by atoms with van der Waals surface area (Å²) in [6.45, 7) is 5.79.